The second kappa shape index (κ2) is 9.20. The fourth-order valence-corrected chi connectivity index (χ4v) is 5.52. The molecule has 2 aliphatic carbocycles. The SMILES string of the molecule is O=C(NC1(C2CC2)CC1)c1c(NC(=O)c2cc(C(F)(F)F)nn2-c2ncccc2Cl)c(Cl)cc2c(Br)[nH]nc12. The van der Waals surface area contributed by atoms with Crippen LogP contribution in [0.25, 0.3) is 16.7 Å². The van der Waals surface area contributed by atoms with Crippen molar-refractivity contribution in [2.45, 2.75) is 37.4 Å². The van der Waals surface area contributed by atoms with Gasteiger partial charge in [0, 0.05) is 23.2 Å². The zero-order chi connectivity index (χ0) is 27.7. The number of carbonyl (C=O) groups excluding carboxylic acids is 2. The molecular weight excluding hydrogens is 626 g/mol. The highest BCUT2D eigenvalue weighted by atomic mass is 79.9. The lowest BCUT2D eigenvalue weighted by molar-refractivity contribution is -0.141. The summed E-state index contributed by atoms with van der Waals surface area (Å²) in [4.78, 5) is 31.1. The lowest BCUT2D eigenvalue weighted by Gasteiger charge is -2.19. The summed E-state index contributed by atoms with van der Waals surface area (Å²) in [5.41, 5.74) is -2.06. The molecule has 2 fully saturated rings. The van der Waals surface area contributed by atoms with Crippen LogP contribution in [-0.2, 0) is 6.18 Å². The van der Waals surface area contributed by atoms with Gasteiger partial charge in [0.2, 0.25) is 0 Å². The number of amides is 2. The van der Waals surface area contributed by atoms with Crippen LogP contribution in [0.3, 0.4) is 0 Å². The van der Waals surface area contributed by atoms with Gasteiger partial charge >= 0.3 is 6.18 Å². The van der Waals surface area contributed by atoms with Crippen molar-refractivity contribution >= 4 is 67.5 Å². The number of anilines is 1. The van der Waals surface area contributed by atoms with E-state index in [-0.39, 0.29) is 38.2 Å². The third-order valence-electron chi connectivity index (χ3n) is 6.90. The van der Waals surface area contributed by atoms with Crippen LogP contribution in [0.4, 0.5) is 18.9 Å². The molecule has 3 N–H and O–H groups in total. The Morgan fingerprint density at radius 1 is 1.15 bits per heavy atom. The van der Waals surface area contributed by atoms with E-state index in [1.807, 2.05) is 0 Å². The summed E-state index contributed by atoms with van der Waals surface area (Å²) >= 11 is 16.0. The Bertz CT molecular complexity index is 1660. The van der Waals surface area contributed by atoms with E-state index in [4.69, 9.17) is 23.2 Å². The Hall–Kier alpha value is -3.16. The Morgan fingerprint density at radius 2 is 1.90 bits per heavy atom. The van der Waals surface area contributed by atoms with Gasteiger partial charge in [-0.15, -0.1) is 0 Å². The smallest absolute Gasteiger partial charge is 0.346 e. The maximum Gasteiger partial charge on any atom is 0.435 e. The molecule has 2 saturated carbocycles. The number of hydrogen-bond acceptors (Lipinski definition) is 5. The Balaban J connectivity index is 1.44. The van der Waals surface area contributed by atoms with E-state index < -0.39 is 29.4 Å². The van der Waals surface area contributed by atoms with Gasteiger partial charge in [-0.3, -0.25) is 14.7 Å². The average Bonchev–Trinajstić information content (AvgIpc) is 3.79. The lowest BCUT2D eigenvalue weighted by atomic mass is 10.1. The molecule has 3 aromatic heterocycles. The van der Waals surface area contributed by atoms with Crippen LogP contribution in [0.15, 0.2) is 35.1 Å². The molecule has 2 aliphatic rings. The maximum atomic E-state index is 13.6. The molecule has 3 heterocycles. The highest BCUT2D eigenvalue weighted by molar-refractivity contribution is 9.10. The minimum absolute atomic E-state index is 0.0160. The molecule has 1 aromatic carbocycles. The Kier molecular flexibility index (Phi) is 6.16. The van der Waals surface area contributed by atoms with Crippen LogP contribution in [0.1, 0.15) is 52.2 Å². The van der Waals surface area contributed by atoms with Crippen molar-refractivity contribution in [1.29, 1.82) is 0 Å². The van der Waals surface area contributed by atoms with Crippen LogP contribution in [0, 0.1) is 5.92 Å². The van der Waals surface area contributed by atoms with Crippen LogP contribution >= 0.6 is 39.1 Å². The highest BCUT2D eigenvalue weighted by Crippen LogP contribution is 2.54. The molecule has 4 aromatic rings. The molecule has 0 atom stereocenters. The molecule has 0 aliphatic heterocycles. The van der Waals surface area contributed by atoms with Crippen LogP contribution in [0.2, 0.25) is 10.0 Å². The van der Waals surface area contributed by atoms with Crippen molar-refractivity contribution in [2.24, 2.45) is 5.92 Å². The number of pyridine rings is 1. The van der Waals surface area contributed by atoms with Gasteiger partial charge < -0.3 is 10.6 Å². The summed E-state index contributed by atoms with van der Waals surface area (Å²) in [6, 6.07) is 4.94. The fraction of sp³-hybridized carbons (Fsp3) is 0.292. The number of halogens is 6. The quantitative estimate of drug-likeness (QED) is 0.233. The predicted molar refractivity (Wildman–Crippen MR) is 140 cm³/mol. The summed E-state index contributed by atoms with van der Waals surface area (Å²) in [6.07, 6.45) is 0.154. The number of carbonyl (C=O) groups is 2. The Labute approximate surface area is 236 Å². The number of aromatic nitrogens is 5. The zero-order valence-electron chi connectivity index (χ0n) is 19.7. The van der Waals surface area contributed by atoms with Gasteiger partial charge in [-0.25, -0.2) is 9.67 Å². The molecule has 0 bridgehead atoms. The molecule has 39 heavy (non-hydrogen) atoms. The van der Waals surface area contributed by atoms with E-state index >= 15 is 0 Å². The number of aromatic amines is 1. The topological polar surface area (TPSA) is 118 Å². The zero-order valence-corrected chi connectivity index (χ0v) is 22.8. The Morgan fingerprint density at radius 3 is 2.54 bits per heavy atom. The summed E-state index contributed by atoms with van der Waals surface area (Å²) < 4.78 is 41.9. The van der Waals surface area contributed by atoms with Crippen molar-refractivity contribution in [1.82, 2.24) is 30.3 Å². The van der Waals surface area contributed by atoms with Gasteiger partial charge in [0.1, 0.15) is 15.8 Å². The first-order valence-corrected chi connectivity index (χ1v) is 13.3. The number of H-pyrrole nitrogens is 1. The maximum absolute atomic E-state index is 13.6. The molecule has 2 amide bonds. The number of nitrogens with one attached hydrogen (secondary N) is 3. The van der Waals surface area contributed by atoms with E-state index in [1.165, 1.54) is 24.4 Å². The number of rotatable bonds is 6. The molecule has 15 heteroatoms. The lowest BCUT2D eigenvalue weighted by Crippen LogP contribution is -2.39. The molecule has 0 unspecified atom stereocenters. The third-order valence-corrected chi connectivity index (χ3v) is 8.10. The summed E-state index contributed by atoms with van der Waals surface area (Å²) in [6.45, 7) is 0. The number of hydrogen-bond donors (Lipinski definition) is 3. The van der Waals surface area contributed by atoms with E-state index in [2.05, 4.69) is 46.8 Å². The molecular formula is C24H17BrCl2F3N7O2. The van der Waals surface area contributed by atoms with Gasteiger partial charge in [-0.05, 0) is 65.7 Å². The summed E-state index contributed by atoms with van der Waals surface area (Å²) in [5, 5.41) is 16.5. The average molecular weight is 643 g/mol. The minimum atomic E-state index is -4.86. The van der Waals surface area contributed by atoms with E-state index in [1.54, 1.807) is 0 Å². The fourth-order valence-electron chi connectivity index (χ4n) is 4.68. The van der Waals surface area contributed by atoms with Crippen molar-refractivity contribution in [3.63, 3.8) is 0 Å². The first kappa shape index (κ1) is 26.1. The molecule has 0 saturated heterocycles. The second-order valence-electron chi connectivity index (χ2n) is 9.51. The number of alkyl halides is 3. The first-order valence-electron chi connectivity index (χ1n) is 11.8. The van der Waals surface area contributed by atoms with Gasteiger partial charge in [-0.2, -0.15) is 23.4 Å². The summed E-state index contributed by atoms with van der Waals surface area (Å²) in [7, 11) is 0. The van der Waals surface area contributed by atoms with E-state index in [9.17, 15) is 22.8 Å². The van der Waals surface area contributed by atoms with E-state index in [0.717, 1.165) is 25.7 Å². The highest BCUT2D eigenvalue weighted by Gasteiger charge is 2.55. The normalized spacial score (nSPS) is 16.4. The van der Waals surface area contributed by atoms with Gasteiger partial charge in [0.15, 0.2) is 11.5 Å². The van der Waals surface area contributed by atoms with Gasteiger partial charge in [0.05, 0.1) is 21.3 Å². The van der Waals surface area contributed by atoms with Crippen LogP contribution < -0.4 is 10.6 Å². The standard InChI is InChI=1S/C24H17BrCl2F3N7O2/c25-19-11-8-13(27)18(16(17(11)34-35-19)22(39)33-23(5-6-23)10-3-4-10)32-21(38)14-9-15(24(28,29)30)36-37(14)20-12(26)2-1-7-31-20/h1-2,7-10H,3-6H2,(H,32,38)(H,33,39)(H,34,35). The molecule has 202 valence electrons. The third kappa shape index (κ3) is 4.66. The molecule has 0 spiro atoms. The number of fused-ring (bicyclic) bond motifs is 1. The van der Waals surface area contributed by atoms with Gasteiger partial charge in [-0.1, -0.05) is 23.2 Å². The second-order valence-corrected chi connectivity index (χ2v) is 11.1. The minimum Gasteiger partial charge on any atom is -0.346 e. The monoisotopic (exact) mass is 641 g/mol. The molecule has 9 nitrogen and oxygen atoms in total. The van der Waals surface area contributed by atoms with Crippen molar-refractivity contribution in [3.05, 3.63) is 62.1 Å². The van der Waals surface area contributed by atoms with Crippen molar-refractivity contribution < 1.29 is 22.8 Å². The number of benzene rings is 1. The first-order chi connectivity index (χ1) is 18.5. The van der Waals surface area contributed by atoms with Crippen molar-refractivity contribution in [3.8, 4) is 5.82 Å². The largest absolute Gasteiger partial charge is 0.435 e. The molecule has 6 rings (SSSR count). The van der Waals surface area contributed by atoms with E-state index in [0.29, 0.717) is 26.7 Å². The van der Waals surface area contributed by atoms with Gasteiger partial charge in [0.25, 0.3) is 11.8 Å². The van der Waals surface area contributed by atoms with Crippen LogP contribution in [-0.4, -0.2) is 42.3 Å². The van der Waals surface area contributed by atoms with Crippen LogP contribution in [0.5, 0.6) is 0 Å². The van der Waals surface area contributed by atoms with Crippen molar-refractivity contribution in [2.75, 3.05) is 5.32 Å². The predicted octanol–water partition coefficient (Wildman–Crippen LogP) is 6.16. The molecule has 0 radical (unpaired) electrons. The number of nitrogens with zero attached hydrogens (tertiary/aromatic N) is 4. The summed E-state index contributed by atoms with van der Waals surface area (Å²) in [5.74, 6) is -1.32.